The van der Waals surface area contributed by atoms with Gasteiger partial charge in [-0.3, -0.25) is 9.69 Å². The van der Waals surface area contributed by atoms with Crippen LogP contribution in [0.1, 0.15) is 19.3 Å². The van der Waals surface area contributed by atoms with Gasteiger partial charge in [0, 0.05) is 6.54 Å². The second-order valence-corrected chi connectivity index (χ2v) is 3.16. The maximum atomic E-state index is 10.8. The van der Waals surface area contributed by atoms with Gasteiger partial charge in [0.2, 0.25) is 5.24 Å². The van der Waals surface area contributed by atoms with Crippen LogP contribution in [-0.4, -0.2) is 33.9 Å². The van der Waals surface area contributed by atoms with Crippen LogP contribution < -0.4 is 0 Å². The Balaban J connectivity index is 2.67. The smallest absolute Gasteiger partial charge is 0.407 e. The topological polar surface area (TPSA) is 57.6 Å². The molecule has 0 aromatic carbocycles. The Bertz CT molecular complexity index is 185. The summed E-state index contributed by atoms with van der Waals surface area (Å²) in [5.41, 5.74) is 0. The van der Waals surface area contributed by atoms with Crippen molar-refractivity contribution in [3.63, 3.8) is 0 Å². The average molecular weight is 192 g/mol. The van der Waals surface area contributed by atoms with Crippen molar-refractivity contribution in [2.45, 2.75) is 25.3 Å². The number of carbonyl (C=O) groups excluding carboxylic acids is 1. The number of likely N-dealkylation sites (tertiary alicyclic amines) is 1. The number of piperidine rings is 1. The third kappa shape index (κ3) is 1.88. The predicted molar refractivity (Wildman–Crippen MR) is 43.2 cm³/mol. The SMILES string of the molecule is O=C(Cl)C1CCCCN1C(=O)O. The second-order valence-electron chi connectivity index (χ2n) is 2.79. The molecular weight excluding hydrogens is 182 g/mol. The van der Waals surface area contributed by atoms with Gasteiger partial charge in [0.05, 0.1) is 0 Å². The van der Waals surface area contributed by atoms with Gasteiger partial charge >= 0.3 is 6.09 Å². The highest BCUT2D eigenvalue weighted by atomic mass is 35.5. The van der Waals surface area contributed by atoms with E-state index in [1.165, 1.54) is 0 Å². The Morgan fingerprint density at radius 2 is 2.08 bits per heavy atom. The van der Waals surface area contributed by atoms with Crippen molar-refractivity contribution in [1.82, 2.24) is 4.90 Å². The lowest BCUT2D eigenvalue weighted by Gasteiger charge is -2.30. The zero-order valence-electron chi connectivity index (χ0n) is 6.49. The van der Waals surface area contributed by atoms with Gasteiger partial charge in [-0.05, 0) is 30.9 Å². The first-order valence-electron chi connectivity index (χ1n) is 3.82. The van der Waals surface area contributed by atoms with E-state index >= 15 is 0 Å². The molecular formula is C7H10ClNO3. The molecule has 1 atom stereocenters. The number of rotatable bonds is 1. The van der Waals surface area contributed by atoms with E-state index in [0.717, 1.165) is 17.7 Å². The van der Waals surface area contributed by atoms with Crippen LogP contribution in [0.4, 0.5) is 4.79 Å². The minimum absolute atomic E-state index is 0.415. The van der Waals surface area contributed by atoms with Gasteiger partial charge in [0.15, 0.2) is 0 Å². The van der Waals surface area contributed by atoms with Gasteiger partial charge in [-0.1, -0.05) is 0 Å². The molecule has 1 aliphatic rings. The van der Waals surface area contributed by atoms with Crippen LogP contribution >= 0.6 is 11.6 Å². The summed E-state index contributed by atoms with van der Waals surface area (Å²) in [6.45, 7) is 0.415. The highest BCUT2D eigenvalue weighted by Crippen LogP contribution is 2.18. The lowest BCUT2D eigenvalue weighted by atomic mass is 10.0. The molecule has 1 rings (SSSR count). The fraction of sp³-hybridized carbons (Fsp3) is 0.714. The first-order valence-corrected chi connectivity index (χ1v) is 4.19. The summed E-state index contributed by atoms with van der Waals surface area (Å²) in [7, 11) is 0. The van der Waals surface area contributed by atoms with Crippen LogP contribution in [0.15, 0.2) is 0 Å². The van der Waals surface area contributed by atoms with E-state index < -0.39 is 17.4 Å². The molecule has 1 N–H and O–H groups in total. The molecule has 0 radical (unpaired) electrons. The maximum absolute atomic E-state index is 10.8. The Kier molecular flexibility index (Phi) is 2.92. The molecule has 0 aliphatic carbocycles. The molecule has 0 aromatic heterocycles. The number of hydrogen-bond acceptors (Lipinski definition) is 2. The van der Waals surface area contributed by atoms with Gasteiger partial charge in [-0.15, -0.1) is 0 Å². The molecule has 1 heterocycles. The van der Waals surface area contributed by atoms with Gasteiger partial charge < -0.3 is 5.11 Å². The molecule has 68 valence electrons. The highest BCUT2D eigenvalue weighted by Gasteiger charge is 2.30. The van der Waals surface area contributed by atoms with E-state index in [-0.39, 0.29) is 0 Å². The lowest BCUT2D eigenvalue weighted by Crippen LogP contribution is -2.45. The monoisotopic (exact) mass is 191 g/mol. The molecule has 1 aliphatic heterocycles. The van der Waals surface area contributed by atoms with Gasteiger partial charge in [0.1, 0.15) is 6.04 Å². The number of hydrogen-bond donors (Lipinski definition) is 1. The third-order valence-electron chi connectivity index (χ3n) is 2.01. The van der Waals surface area contributed by atoms with Crippen LogP contribution in [0.2, 0.25) is 0 Å². The van der Waals surface area contributed by atoms with Crippen LogP contribution in [-0.2, 0) is 4.79 Å². The van der Waals surface area contributed by atoms with Gasteiger partial charge in [-0.2, -0.15) is 0 Å². The minimum atomic E-state index is -1.06. The number of carbonyl (C=O) groups is 2. The van der Waals surface area contributed by atoms with Crippen molar-refractivity contribution in [3.05, 3.63) is 0 Å². The number of halogens is 1. The highest BCUT2D eigenvalue weighted by molar-refractivity contribution is 6.64. The second kappa shape index (κ2) is 3.76. The zero-order valence-corrected chi connectivity index (χ0v) is 7.25. The molecule has 0 saturated carbocycles. The lowest BCUT2D eigenvalue weighted by molar-refractivity contribution is -0.116. The fourth-order valence-corrected chi connectivity index (χ4v) is 1.62. The summed E-state index contributed by atoms with van der Waals surface area (Å²) >= 11 is 5.25. The van der Waals surface area contributed by atoms with Crippen LogP contribution in [0.25, 0.3) is 0 Å². The molecule has 1 fully saturated rings. The summed E-state index contributed by atoms with van der Waals surface area (Å²) < 4.78 is 0. The number of carboxylic acid groups (broad SMARTS) is 1. The van der Waals surface area contributed by atoms with Crippen molar-refractivity contribution >= 4 is 22.9 Å². The molecule has 1 amide bonds. The summed E-state index contributed by atoms with van der Waals surface area (Å²) in [6.07, 6.45) is 1.17. The van der Waals surface area contributed by atoms with Crippen molar-refractivity contribution in [3.8, 4) is 0 Å². The van der Waals surface area contributed by atoms with E-state index in [9.17, 15) is 9.59 Å². The van der Waals surface area contributed by atoms with Crippen molar-refractivity contribution < 1.29 is 14.7 Å². The van der Waals surface area contributed by atoms with Crippen LogP contribution in [0.3, 0.4) is 0 Å². The Morgan fingerprint density at radius 3 is 2.50 bits per heavy atom. The van der Waals surface area contributed by atoms with E-state index in [0.29, 0.717) is 13.0 Å². The Hall–Kier alpha value is -0.770. The normalized spacial score (nSPS) is 23.8. The standard InChI is InChI=1S/C7H10ClNO3/c8-6(10)5-3-1-2-4-9(5)7(11)12/h5H,1-4H2,(H,11,12). The van der Waals surface area contributed by atoms with Crippen LogP contribution in [0.5, 0.6) is 0 Å². The molecule has 5 heteroatoms. The summed E-state index contributed by atoms with van der Waals surface area (Å²) in [4.78, 5) is 22.5. The molecule has 4 nitrogen and oxygen atoms in total. The van der Waals surface area contributed by atoms with E-state index in [1.54, 1.807) is 0 Å². The Labute approximate surface area is 75.1 Å². The molecule has 0 spiro atoms. The molecule has 1 saturated heterocycles. The van der Waals surface area contributed by atoms with Crippen LogP contribution in [0, 0.1) is 0 Å². The van der Waals surface area contributed by atoms with E-state index in [4.69, 9.17) is 16.7 Å². The summed E-state index contributed by atoms with van der Waals surface area (Å²) in [5, 5.41) is 8.10. The van der Waals surface area contributed by atoms with Crippen molar-refractivity contribution in [1.29, 1.82) is 0 Å². The largest absolute Gasteiger partial charge is 0.465 e. The van der Waals surface area contributed by atoms with Crippen molar-refractivity contribution in [2.75, 3.05) is 6.54 Å². The van der Waals surface area contributed by atoms with Gasteiger partial charge in [0.25, 0.3) is 0 Å². The fourth-order valence-electron chi connectivity index (χ4n) is 1.40. The maximum Gasteiger partial charge on any atom is 0.407 e. The zero-order chi connectivity index (χ0) is 9.14. The van der Waals surface area contributed by atoms with Gasteiger partial charge in [-0.25, -0.2) is 4.79 Å². The summed E-state index contributed by atoms with van der Waals surface area (Å²) in [5.74, 6) is 0. The van der Waals surface area contributed by atoms with E-state index in [1.807, 2.05) is 0 Å². The minimum Gasteiger partial charge on any atom is -0.465 e. The molecule has 0 bridgehead atoms. The van der Waals surface area contributed by atoms with E-state index in [2.05, 4.69) is 0 Å². The third-order valence-corrected chi connectivity index (χ3v) is 2.26. The number of nitrogens with zero attached hydrogens (tertiary/aromatic N) is 1. The summed E-state index contributed by atoms with van der Waals surface area (Å²) in [6, 6.07) is -0.627. The Morgan fingerprint density at radius 1 is 1.42 bits per heavy atom. The molecule has 12 heavy (non-hydrogen) atoms. The number of amides is 1. The van der Waals surface area contributed by atoms with Crippen molar-refractivity contribution in [2.24, 2.45) is 0 Å². The predicted octanol–water partition coefficient (Wildman–Crippen LogP) is 1.28. The first-order chi connectivity index (χ1) is 5.63. The first kappa shape index (κ1) is 9.32. The molecule has 0 aromatic rings. The average Bonchev–Trinajstić information content (AvgIpc) is 2.04. The quantitative estimate of drug-likeness (QED) is 0.636. The molecule has 1 unspecified atom stereocenters.